The average molecular weight is 932 g/mol. The first kappa shape index (κ1) is 48.2. The fourth-order valence-electron chi connectivity index (χ4n) is 6.26. The topological polar surface area (TPSA) is 202 Å². The molecule has 0 spiro atoms. The smallest absolute Gasteiger partial charge is 0.444 e. The van der Waals surface area contributed by atoms with Crippen molar-refractivity contribution in [2.75, 3.05) is 27.2 Å². The van der Waals surface area contributed by atoms with Crippen molar-refractivity contribution in [3.8, 4) is 0 Å². The summed E-state index contributed by atoms with van der Waals surface area (Å²) in [5.74, 6) is 4.11. The number of carbonyl (C=O) groups excluding carboxylic acids is 2. The Balaban J connectivity index is 0.000000286. The largest absolute Gasteiger partial charge is 2.00 e. The van der Waals surface area contributed by atoms with E-state index in [-0.39, 0.29) is 30.2 Å². The van der Waals surface area contributed by atoms with Crippen molar-refractivity contribution in [1.29, 1.82) is 0 Å². The number of hydrogen-bond donors (Lipinski definition) is 0. The Kier molecular flexibility index (Phi) is 15.8. The number of amidine groups is 6. The van der Waals surface area contributed by atoms with Gasteiger partial charge in [0.2, 0.25) is 0 Å². The number of fused-ring (bicyclic) bond motifs is 4. The fourth-order valence-corrected chi connectivity index (χ4v) is 6.26. The number of ether oxygens (including phenoxy) is 3. The van der Waals surface area contributed by atoms with Crippen molar-refractivity contribution in [3.63, 3.8) is 0 Å². The SMILES string of the molecule is CN(CCOC(=O)OC(C)(C)C)C(=O)OC(C)(C)C.CN=C1N=C(N=C2[N-]C(=NC3=NC(=Nc4[n-]cc5ccccc45)c4ccccc43)c3ccccc32)c2ccccc21.O=S=O.[Cu+2]. The standard InChI is InChI=1S/C33H20N8.C13H25NO5.Cu.O2S/c1-34-27-21-12-4-5-13-22(21)29(36-27)38-31-25-16-8-9-17-26(25)33(40-31)41-32-24-15-7-6-14-23(24)30(39-32)37-28-20-11-3-2-10-19(20)18-35-28;1-12(2,3)18-10(15)14(7)8-9-17-11(16)19-13(4,5)6;;1-3-2/h2-18H,1H3;8-9H2,1-7H3;;/q-2;;+2;. The predicted molar refractivity (Wildman–Crippen MR) is 245 cm³/mol. The molecule has 0 bridgehead atoms. The van der Waals surface area contributed by atoms with Gasteiger partial charge in [0, 0.05) is 48.0 Å². The van der Waals surface area contributed by atoms with Gasteiger partial charge in [-0.25, -0.2) is 19.6 Å². The van der Waals surface area contributed by atoms with E-state index in [0.29, 0.717) is 40.8 Å². The number of nitrogens with zero attached hydrogens (tertiary/aromatic N) is 9. The van der Waals surface area contributed by atoms with Crippen LogP contribution in [0.5, 0.6) is 0 Å². The maximum atomic E-state index is 11.6. The van der Waals surface area contributed by atoms with Crippen LogP contribution in [0, 0.1) is 0 Å². The van der Waals surface area contributed by atoms with Crippen molar-refractivity contribution < 1.29 is 49.3 Å². The Bertz CT molecular complexity index is 2770. The van der Waals surface area contributed by atoms with Gasteiger partial charge < -0.3 is 44.4 Å². The van der Waals surface area contributed by atoms with E-state index in [9.17, 15) is 9.59 Å². The van der Waals surface area contributed by atoms with Crippen molar-refractivity contribution in [3.05, 3.63) is 142 Å². The van der Waals surface area contributed by atoms with E-state index in [0.717, 1.165) is 44.2 Å². The number of hydrogen-bond acceptors (Lipinski definition) is 11. The summed E-state index contributed by atoms with van der Waals surface area (Å²) in [6.45, 7) is 10.9. The molecule has 5 aromatic rings. The minimum Gasteiger partial charge on any atom is -0.444 e. The molecule has 0 unspecified atom stereocenters. The van der Waals surface area contributed by atoms with E-state index in [1.165, 1.54) is 4.90 Å². The Morgan fingerprint density at radius 3 is 1.67 bits per heavy atom. The molecule has 0 atom stereocenters. The minimum absolute atomic E-state index is 0. The van der Waals surface area contributed by atoms with Crippen molar-refractivity contribution in [2.24, 2.45) is 30.0 Å². The number of amides is 1. The minimum atomic E-state index is -0.750. The summed E-state index contributed by atoms with van der Waals surface area (Å²) >= 11 is -0.750. The fraction of sp³-hybridized carbons (Fsp3) is 0.261. The molecule has 16 nitrogen and oxygen atoms in total. The van der Waals surface area contributed by atoms with Crippen LogP contribution >= 0.6 is 0 Å². The first-order chi connectivity index (χ1) is 30.1. The summed E-state index contributed by atoms with van der Waals surface area (Å²) in [5, 5.41) is 6.90. The van der Waals surface area contributed by atoms with Crippen LogP contribution in [0.2, 0.25) is 0 Å². The molecule has 0 aliphatic carbocycles. The van der Waals surface area contributed by atoms with Gasteiger partial charge >= 0.3 is 40.9 Å². The third-order valence-corrected chi connectivity index (χ3v) is 8.98. The summed E-state index contributed by atoms with van der Waals surface area (Å²) in [4.78, 5) is 57.3. The first-order valence-electron chi connectivity index (χ1n) is 19.7. The van der Waals surface area contributed by atoms with Crippen LogP contribution < -0.4 is 4.98 Å². The molecule has 0 saturated heterocycles. The van der Waals surface area contributed by atoms with E-state index in [4.69, 9.17) is 47.9 Å². The molecule has 0 N–H and O–H groups in total. The van der Waals surface area contributed by atoms with Crippen LogP contribution in [-0.4, -0.2) is 99.0 Å². The maximum Gasteiger partial charge on any atom is 2.00 e. The third-order valence-electron chi connectivity index (χ3n) is 8.98. The van der Waals surface area contributed by atoms with Gasteiger partial charge in [-0.1, -0.05) is 103 Å². The Hall–Kier alpha value is -6.88. The van der Waals surface area contributed by atoms with Gasteiger partial charge in [-0.3, -0.25) is 4.99 Å². The van der Waals surface area contributed by atoms with Gasteiger partial charge in [-0.2, -0.15) is 8.42 Å². The monoisotopic (exact) mass is 930 g/mol. The molecule has 64 heavy (non-hydrogen) atoms. The van der Waals surface area contributed by atoms with Gasteiger partial charge in [0.05, 0.1) is 24.1 Å². The number of benzene rings is 4. The molecular weight excluding hydrogens is 886 g/mol. The zero-order chi connectivity index (χ0) is 45.3. The van der Waals surface area contributed by atoms with E-state index < -0.39 is 35.0 Å². The molecule has 1 aromatic heterocycles. The quantitative estimate of drug-likeness (QED) is 0.127. The number of carbonyl (C=O) groups is 2. The van der Waals surface area contributed by atoms with Crippen molar-refractivity contribution in [1.82, 2.24) is 9.88 Å². The second-order valence-corrected chi connectivity index (χ2v) is 16.1. The zero-order valence-corrected chi connectivity index (χ0v) is 38.1. The van der Waals surface area contributed by atoms with Gasteiger partial charge in [-0.15, -0.1) is 0 Å². The van der Waals surface area contributed by atoms with Gasteiger partial charge in [-0.05, 0) is 69.3 Å². The van der Waals surface area contributed by atoms with E-state index in [2.05, 4.69) is 15.0 Å². The Morgan fingerprint density at radius 2 is 1.14 bits per heavy atom. The second kappa shape index (κ2) is 21.0. The zero-order valence-electron chi connectivity index (χ0n) is 36.3. The van der Waals surface area contributed by atoms with Crippen LogP contribution in [0.15, 0.2) is 133 Å². The summed E-state index contributed by atoms with van der Waals surface area (Å²) in [6, 6.07) is 31.9. The van der Waals surface area contributed by atoms with Crippen molar-refractivity contribution >= 4 is 75.4 Å². The number of rotatable bonds is 4. The molecular formula is C46H45CuN9O7S. The van der Waals surface area contributed by atoms with Crippen LogP contribution in [0.1, 0.15) is 74.9 Å². The maximum absolute atomic E-state index is 11.6. The van der Waals surface area contributed by atoms with Gasteiger partial charge in [0.15, 0.2) is 5.84 Å². The number of aliphatic imine (C=N–C) groups is 6. The molecule has 4 heterocycles. The third kappa shape index (κ3) is 12.0. The Morgan fingerprint density at radius 1 is 0.672 bits per heavy atom. The first-order valence-corrected chi connectivity index (χ1v) is 20.4. The van der Waals surface area contributed by atoms with E-state index in [1.807, 2.05) is 103 Å². The molecule has 1 amide bonds. The molecule has 0 fully saturated rings. The van der Waals surface area contributed by atoms with E-state index >= 15 is 0 Å². The van der Waals surface area contributed by atoms with E-state index in [1.54, 1.807) is 55.6 Å². The number of aromatic nitrogens is 1. The normalized spacial score (nSPS) is 15.9. The predicted octanol–water partition coefficient (Wildman–Crippen LogP) is 8.19. The molecule has 18 heteroatoms. The second-order valence-electron chi connectivity index (χ2n) is 15.9. The van der Waals surface area contributed by atoms with Crippen LogP contribution in [0.4, 0.5) is 15.4 Å². The molecule has 4 aromatic carbocycles. The van der Waals surface area contributed by atoms with Crippen LogP contribution in [-0.2, 0) is 42.9 Å². The molecule has 333 valence electrons. The van der Waals surface area contributed by atoms with Gasteiger partial charge in [0.25, 0.3) is 0 Å². The summed E-state index contributed by atoms with van der Waals surface area (Å²) in [7, 11) is 3.31. The van der Waals surface area contributed by atoms with Crippen LogP contribution in [0.3, 0.4) is 0 Å². The summed E-state index contributed by atoms with van der Waals surface area (Å²) in [6.07, 6.45) is 0.628. The molecule has 8 rings (SSSR count). The molecule has 3 aliphatic heterocycles. The Labute approximate surface area is 384 Å². The average Bonchev–Trinajstić information content (AvgIpc) is 4.00. The molecule has 3 aliphatic rings. The number of likely N-dealkylation sites (N-methyl/N-ethyl adjacent to an activating group) is 1. The summed E-state index contributed by atoms with van der Waals surface area (Å²) in [5.41, 5.74) is 4.34. The molecule has 0 saturated carbocycles. The summed E-state index contributed by atoms with van der Waals surface area (Å²) < 4.78 is 31.6. The van der Waals surface area contributed by atoms with Crippen molar-refractivity contribution in [2.45, 2.75) is 52.7 Å². The van der Waals surface area contributed by atoms with Crippen LogP contribution in [0.25, 0.3) is 16.1 Å². The van der Waals surface area contributed by atoms with Gasteiger partial charge in [0.1, 0.15) is 17.8 Å². The molecule has 1 radical (unpaired) electrons.